The summed E-state index contributed by atoms with van der Waals surface area (Å²) in [5, 5.41) is 4.56. The summed E-state index contributed by atoms with van der Waals surface area (Å²) >= 11 is 0. The molecular weight excluding hydrogens is 222 g/mol. The van der Waals surface area contributed by atoms with Crippen molar-refractivity contribution in [2.45, 2.75) is 45.6 Å². The third-order valence-electron chi connectivity index (χ3n) is 3.41. The highest BCUT2D eigenvalue weighted by Gasteiger charge is 2.13. The van der Waals surface area contributed by atoms with E-state index in [0.717, 1.165) is 30.6 Å². The number of furan rings is 1. The molecule has 0 spiro atoms. The Morgan fingerprint density at radius 1 is 1.17 bits per heavy atom. The minimum atomic E-state index is 0.331. The van der Waals surface area contributed by atoms with E-state index in [0.29, 0.717) is 6.04 Å². The fourth-order valence-corrected chi connectivity index (χ4v) is 2.45. The maximum atomic E-state index is 5.94. The second kappa shape index (κ2) is 6.05. The maximum absolute atomic E-state index is 5.94. The Hall–Kier alpha value is -1.28. The van der Waals surface area contributed by atoms with Gasteiger partial charge in [0.05, 0.1) is 6.04 Å². The number of aryl methyl sites for hydroxylation is 1. The number of rotatable bonds is 6. The van der Waals surface area contributed by atoms with E-state index < -0.39 is 0 Å². The van der Waals surface area contributed by atoms with Gasteiger partial charge >= 0.3 is 0 Å². The van der Waals surface area contributed by atoms with Crippen LogP contribution in [0.4, 0.5) is 0 Å². The summed E-state index contributed by atoms with van der Waals surface area (Å²) in [6.45, 7) is 4.41. The maximum Gasteiger partial charge on any atom is 0.134 e. The molecule has 0 aliphatic rings. The van der Waals surface area contributed by atoms with Crippen LogP contribution in [-0.4, -0.2) is 7.05 Å². The lowest BCUT2D eigenvalue weighted by atomic mass is 10.1. The summed E-state index contributed by atoms with van der Waals surface area (Å²) in [6.07, 6.45) is 4.59. The van der Waals surface area contributed by atoms with E-state index in [2.05, 4.69) is 43.4 Å². The average molecular weight is 245 g/mol. The second-order valence-corrected chi connectivity index (χ2v) is 4.90. The van der Waals surface area contributed by atoms with Gasteiger partial charge in [0, 0.05) is 5.39 Å². The molecule has 0 bridgehead atoms. The summed E-state index contributed by atoms with van der Waals surface area (Å²) < 4.78 is 5.94. The molecule has 0 amide bonds. The van der Waals surface area contributed by atoms with Gasteiger partial charge in [-0.3, -0.25) is 0 Å². The van der Waals surface area contributed by atoms with Crippen LogP contribution < -0.4 is 5.32 Å². The summed E-state index contributed by atoms with van der Waals surface area (Å²) in [5.41, 5.74) is 2.40. The predicted octanol–water partition coefficient (Wildman–Crippen LogP) is 4.45. The molecule has 2 nitrogen and oxygen atoms in total. The Morgan fingerprint density at radius 2 is 2.00 bits per heavy atom. The number of hydrogen-bond donors (Lipinski definition) is 1. The molecule has 0 aliphatic heterocycles. The van der Waals surface area contributed by atoms with Crippen LogP contribution in [0.3, 0.4) is 0 Å². The fourth-order valence-electron chi connectivity index (χ4n) is 2.45. The third-order valence-corrected chi connectivity index (χ3v) is 3.41. The SMILES string of the molecule is CCCc1ccc2oc(C(CCC)NC)cc2c1. The van der Waals surface area contributed by atoms with Gasteiger partial charge in [-0.1, -0.05) is 32.8 Å². The Bertz CT molecular complexity index is 501. The molecule has 0 saturated heterocycles. The highest BCUT2D eigenvalue weighted by molar-refractivity contribution is 5.78. The van der Waals surface area contributed by atoms with Crippen molar-refractivity contribution in [1.82, 2.24) is 5.32 Å². The Kier molecular flexibility index (Phi) is 4.43. The van der Waals surface area contributed by atoms with Crippen molar-refractivity contribution in [3.8, 4) is 0 Å². The molecule has 0 fully saturated rings. The molecule has 0 aliphatic carbocycles. The minimum Gasteiger partial charge on any atom is -0.459 e. The topological polar surface area (TPSA) is 25.2 Å². The number of nitrogens with one attached hydrogen (secondary N) is 1. The van der Waals surface area contributed by atoms with Gasteiger partial charge < -0.3 is 9.73 Å². The molecule has 1 aromatic heterocycles. The zero-order valence-corrected chi connectivity index (χ0v) is 11.6. The largest absolute Gasteiger partial charge is 0.459 e. The Labute approximate surface area is 109 Å². The van der Waals surface area contributed by atoms with Crippen molar-refractivity contribution in [1.29, 1.82) is 0 Å². The van der Waals surface area contributed by atoms with Gasteiger partial charge in [-0.2, -0.15) is 0 Å². The van der Waals surface area contributed by atoms with Crippen LogP contribution in [-0.2, 0) is 6.42 Å². The van der Waals surface area contributed by atoms with Gasteiger partial charge in [-0.15, -0.1) is 0 Å². The monoisotopic (exact) mass is 245 g/mol. The summed E-state index contributed by atoms with van der Waals surface area (Å²) in [6, 6.07) is 9.04. The van der Waals surface area contributed by atoms with Crippen molar-refractivity contribution < 1.29 is 4.42 Å². The van der Waals surface area contributed by atoms with E-state index in [1.165, 1.54) is 17.4 Å². The quantitative estimate of drug-likeness (QED) is 0.813. The lowest BCUT2D eigenvalue weighted by Gasteiger charge is -2.11. The first kappa shape index (κ1) is 13.2. The lowest BCUT2D eigenvalue weighted by molar-refractivity contribution is 0.430. The molecule has 1 heterocycles. The van der Waals surface area contributed by atoms with Gasteiger partial charge in [-0.25, -0.2) is 0 Å². The van der Waals surface area contributed by atoms with Gasteiger partial charge in [0.15, 0.2) is 0 Å². The van der Waals surface area contributed by atoms with E-state index in [1.54, 1.807) is 0 Å². The molecule has 1 atom stereocenters. The van der Waals surface area contributed by atoms with Crippen molar-refractivity contribution in [3.05, 3.63) is 35.6 Å². The van der Waals surface area contributed by atoms with Crippen molar-refractivity contribution in [2.75, 3.05) is 7.05 Å². The van der Waals surface area contributed by atoms with Gasteiger partial charge in [0.1, 0.15) is 11.3 Å². The van der Waals surface area contributed by atoms with Crippen LogP contribution in [0.1, 0.15) is 50.5 Å². The fraction of sp³-hybridized carbons (Fsp3) is 0.500. The summed E-state index contributed by atoms with van der Waals surface area (Å²) in [7, 11) is 2.00. The zero-order chi connectivity index (χ0) is 13.0. The van der Waals surface area contributed by atoms with Crippen LogP contribution >= 0.6 is 0 Å². The molecular formula is C16H23NO. The van der Waals surface area contributed by atoms with Crippen molar-refractivity contribution in [3.63, 3.8) is 0 Å². The lowest BCUT2D eigenvalue weighted by Crippen LogP contribution is -2.15. The molecule has 1 N–H and O–H groups in total. The molecule has 98 valence electrons. The van der Waals surface area contributed by atoms with E-state index in [-0.39, 0.29) is 0 Å². The van der Waals surface area contributed by atoms with Gasteiger partial charge in [0.2, 0.25) is 0 Å². The number of benzene rings is 1. The average Bonchev–Trinajstić information content (AvgIpc) is 2.79. The number of fused-ring (bicyclic) bond motifs is 1. The summed E-state index contributed by atoms with van der Waals surface area (Å²) in [5.74, 6) is 1.06. The molecule has 0 saturated carbocycles. The van der Waals surface area contributed by atoms with E-state index in [4.69, 9.17) is 4.42 Å². The molecule has 2 rings (SSSR count). The van der Waals surface area contributed by atoms with Crippen molar-refractivity contribution >= 4 is 11.0 Å². The standard InChI is InChI=1S/C16H23NO/c1-4-6-12-8-9-15-13(10-12)11-16(18-15)14(17-3)7-5-2/h8-11,14,17H,4-7H2,1-3H3. The minimum absolute atomic E-state index is 0.331. The first-order valence-electron chi connectivity index (χ1n) is 6.98. The van der Waals surface area contributed by atoms with Crippen molar-refractivity contribution in [2.24, 2.45) is 0 Å². The first-order valence-corrected chi connectivity index (χ1v) is 6.98. The van der Waals surface area contributed by atoms with Crippen LogP contribution in [0.2, 0.25) is 0 Å². The third kappa shape index (κ3) is 2.75. The zero-order valence-electron chi connectivity index (χ0n) is 11.6. The van der Waals surface area contributed by atoms with Gasteiger partial charge in [0.25, 0.3) is 0 Å². The predicted molar refractivity (Wildman–Crippen MR) is 76.9 cm³/mol. The highest BCUT2D eigenvalue weighted by Crippen LogP contribution is 2.27. The second-order valence-electron chi connectivity index (χ2n) is 4.90. The molecule has 1 aromatic carbocycles. The van der Waals surface area contributed by atoms with Crippen LogP contribution in [0.25, 0.3) is 11.0 Å². The first-order chi connectivity index (χ1) is 8.78. The van der Waals surface area contributed by atoms with Crippen LogP contribution in [0, 0.1) is 0 Å². The molecule has 1 unspecified atom stereocenters. The number of hydrogen-bond acceptors (Lipinski definition) is 2. The smallest absolute Gasteiger partial charge is 0.134 e. The normalized spacial score (nSPS) is 13.1. The highest BCUT2D eigenvalue weighted by atomic mass is 16.3. The molecule has 0 radical (unpaired) electrons. The van der Waals surface area contributed by atoms with Crippen LogP contribution in [0.15, 0.2) is 28.7 Å². The van der Waals surface area contributed by atoms with E-state index >= 15 is 0 Å². The van der Waals surface area contributed by atoms with E-state index in [9.17, 15) is 0 Å². The van der Waals surface area contributed by atoms with Crippen LogP contribution in [0.5, 0.6) is 0 Å². The Balaban J connectivity index is 2.31. The Morgan fingerprint density at radius 3 is 2.67 bits per heavy atom. The molecule has 2 aromatic rings. The summed E-state index contributed by atoms with van der Waals surface area (Å²) in [4.78, 5) is 0. The molecule has 18 heavy (non-hydrogen) atoms. The van der Waals surface area contributed by atoms with E-state index in [1.807, 2.05) is 7.05 Å². The van der Waals surface area contributed by atoms with Gasteiger partial charge in [-0.05, 0) is 43.7 Å². The molecule has 2 heteroatoms.